The van der Waals surface area contributed by atoms with Crippen molar-refractivity contribution in [3.8, 4) is 0 Å². The molecule has 0 aliphatic rings. The lowest BCUT2D eigenvalue weighted by atomic mass is 10.2. The molecule has 0 saturated heterocycles. The number of alkyl halides is 1. The lowest BCUT2D eigenvalue weighted by Crippen LogP contribution is -2.39. The van der Waals surface area contributed by atoms with Crippen molar-refractivity contribution in [1.29, 1.82) is 0 Å². The molecular weight excluding hydrogens is 377 g/mol. The summed E-state index contributed by atoms with van der Waals surface area (Å²) < 4.78 is 20.7. The molecule has 0 saturated carbocycles. The van der Waals surface area contributed by atoms with E-state index in [0.717, 1.165) is 15.4 Å². The highest BCUT2D eigenvalue weighted by Gasteiger charge is 2.21. The minimum atomic E-state index is -0.572. The van der Waals surface area contributed by atoms with Crippen LogP contribution in [0, 0.1) is 0 Å². The predicted molar refractivity (Wildman–Crippen MR) is 95.8 cm³/mol. The lowest BCUT2D eigenvalue weighted by molar-refractivity contribution is 0.0237. The number of carbonyl (C=O) groups is 1. The highest BCUT2D eigenvalue weighted by atomic mass is 79.9. The average Bonchev–Trinajstić information content (AvgIpc) is 2.87. The summed E-state index contributed by atoms with van der Waals surface area (Å²) in [5, 5.41) is 5.51. The van der Waals surface area contributed by atoms with Gasteiger partial charge >= 0.3 is 6.09 Å². The zero-order chi connectivity index (χ0) is 17.7. The fourth-order valence-corrected chi connectivity index (χ4v) is 2.64. The number of hydrogen-bond acceptors (Lipinski definition) is 3. The molecule has 0 unspecified atom stereocenters. The number of halogens is 2. The topological polar surface area (TPSA) is 47.4 Å². The van der Waals surface area contributed by atoms with Crippen LogP contribution in [-0.2, 0) is 11.3 Å². The van der Waals surface area contributed by atoms with E-state index in [4.69, 9.17) is 4.74 Å². The summed E-state index contributed by atoms with van der Waals surface area (Å²) >= 11 is 3.44. The number of rotatable bonds is 6. The van der Waals surface area contributed by atoms with Gasteiger partial charge in [0.15, 0.2) is 0 Å². The highest BCUT2D eigenvalue weighted by molar-refractivity contribution is 9.10. The third kappa shape index (κ3) is 5.47. The van der Waals surface area contributed by atoms with Gasteiger partial charge in [0.1, 0.15) is 5.60 Å². The van der Waals surface area contributed by atoms with Gasteiger partial charge < -0.3 is 9.64 Å². The molecule has 0 bridgehead atoms. The van der Waals surface area contributed by atoms with Crippen molar-refractivity contribution in [3.63, 3.8) is 0 Å². The van der Waals surface area contributed by atoms with Crippen LogP contribution in [0.25, 0.3) is 10.9 Å². The summed E-state index contributed by atoms with van der Waals surface area (Å²) in [4.78, 5) is 13.8. The first-order valence-electron chi connectivity index (χ1n) is 7.95. The maximum atomic E-state index is 12.5. The third-order valence-corrected chi connectivity index (χ3v) is 3.82. The molecule has 0 spiro atoms. The molecule has 0 aliphatic carbocycles. The number of hydrogen-bond donors (Lipinski definition) is 0. The molecule has 2 rings (SSSR count). The largest absolute Gasteiger partial charge is 0.444 e. The van der Waals surface area contributed by atoms with Crippen LogP contribution in [0.15, 0.2) is 28.9 Å². The summed E-state index contributed by atoms with van der Waals surface area (Å²) in [5.41, 5.74) is 0.323. The van der Waals surface area contributed by atoms with Crippen molar-refractivity contribution < 1.29 is 13.9 Å². The lowest BCUT2D eigenvalue weighted by Gasteiger charge is -2.27. The van der Waals surface area contributed by atoms with E-state index in [2.05, 4.69) is 21.0 Å². The van der Waals surface area contributed by atoms with Crippen molar-refractivity contribution in [3.05, 3.63) is 28.9 Å². The van der Waals surface area contributed by atoms with Crippen molar-refractivity contribution in [2.45, 2.75) is 39.3 Å². The molecule has 0 aliphatic heterocycles. The van der Waals surface area contributed by atoms with Gasteiger partial charge in [-0.1, -0.05) is 15.9 Å². The molecule has 1 amide bonds. The minimum absolute atomic E-state index is 0.299. The SMILES string of the molecule is CC(C)(C)OC(=O)N(CCCF)CCn1cc2cc(Br)ccc2n1. The van der Waals surface area contributed by atoms with E-state index in [-0.39, 0.29) is 0 Å². The standard InChI is InChI=1S/C17H23BrFN3O2/c1-17(2,3)24-16(23)21(8-4-7-19)9-10-22-12-13-11-14(18)5-6-15(13)20-22/h5-6,11-12H,4,7-10H2,1-3H3. The number of nitrogens with zero attached hydrogens (tertiary/aromatic N) is 3. The van der Waals surface area contributed by atoms with Crippen LogP contribution >= 0.6 is 15.9 Å². The van der Waals surface area contributed by atoms with Gasteiger partial charge in [-0.05, 0) is 45.4 Å². The summed E-state index contributed by atoms with van der Waals surface area (Å²) in [5.74, 6) is 0. The molecule has 5 nitrogen and oxygen atoms in total. The number of ether oxygens (including phenoxy) is 1. The second-order valence-corrected chi connectivity index (χ2v) is 7.52. The predicted octanol–water partition coefficient (Wildman–Crippen LogP) is 4.40. The van der Waals surface area contributed by atoms with Crippen LogP contribution in [0.1, 0.15) is 27.2 Å². The fourth-order valence-electron chi connectivity index (χ4n) is 2.26. The first-order valence-corrected chi connectivity index (χ1v) is 8.74. The van der Waals surface area contributed by atoms with Gasteiger partial charge in [0.25, 0.3) is 0 Å². The van der Waals surface area contributed by atoms with E-state index in [9.17, 15) is 9.18 Å². The molecule has 0 fully saturated rings. The Morgan fingerprint density at radius 1 is 1.38 bits per heavy atom. The molecule has 0 atom stereocenters. The van der Waals surface area contributed by atoms with Gasteiger partial charge in [0.2, 0.25) is 0 Å². The first kappa shape index (κ1) is 18.7. The number of fused-ring (bicyclic) bond motifs is 1. The highest BCUT2D eigenvalue weighted by Crippen LogP contribution is 2.18. The zero-order valence-corrected chi connectivity index (χ0v) is 15.8. The van der Waals surface area contributed by atoms with Crippen LogP contribution in [-0.4, -0.2) is 46.1 Å². The Labute approximate surface area is 149 Å². The molecule has 1 aromatic carbocycles. The fraction of sp³-hybridized carbons (Fsp3) is 0.529. The molecule has 1 heterocycles. The molecule has 0 N–H and O–H groups in total. The number of aromatic nitrogens is 2. The van der Waals surface area contributed by atoms with Gasteiger partial charge in [-0.3, -0.25) is 9.07 Å². The van der Waals surface area contributed by atoms with Crippen molar-refractivity contribution >= 4 is 32.9 Å². The molecule has 2 aromatic rings. The van der Waals surface area contributed by atoms with Crippen LogP contribution in [0.3, 0.4) is 0 Å². The second-order valence-electron chi connectivity index (χ2n) is 6.61. The third-order valence-electron chi connectivity index (χ3n) is 3.33. The van der Waals surface area contributed by atoms with Gasteiger partial charge in [0, 0.05) is 29.1 Å². The Hall–Kier alpha value is -1.63. The Morgan fingerprint density at radius 3 is 2.79 bits per heavy atom. The van der Waals surface area contributed by atoms with Crippen LogP contribution < -0.4 is 0 Å². The number of benzene rings is 1. The Bertz CT molecular complexity index is 697. The molecule has 1 aromatic heterocycles. The van der Waals surface area contributed by atoms with Gasteiger partial charge in [-0.15, -0.1) is 0 Å². The normalized spacial score (nSPS) is 11.7. The molecular formula is C17H23BrFN3O2. The Kier molecular flexibility index (Phi) is 6.21. The summed E-state index contributed by atoms with van der Waals surface area (Å²) in [6.07, 6.45) is 1.81. The summed E-state index contributed by atoms with van der Waals surface area (Å²) in [6.45, 7) is 6.27. The maximum absolute atomic E-state index is 12.5. The van der Waals surface area contributed by atoms with Gasteiger partial charge in [0.05, 0.1) is 18.7 Å². The van der Waals surface area contributed by atoms with Crippen LogP contribution in [0.5, 0.6) is 0 Å². The van der Waals surface area contributed by atoms with E-state index in [1.54, 1.807) is 4.68 Å². The zero-order valence-electron chi connectivity index (χ0n) is 14.3. The minimum Gasteiger partial charge on any atom is -0.444 e. The smallest absolute Gasteiger partial charge is 0.410 e. The molecule has 7 heteroatoms. The Balaban J connectivity index is 2.03. The average molecular weight is 400 g/mol. The first-order chi connectivity index (χ1) is 11.3. The monoisotopic (exact) mass is 399 g/mol. The quantitative estimate of drug-likeness (QED) is 0.723. The summed E-state index contributed by atoms with van der Waals surface area (Å²) in [7, 11) is 0. The van der Waals surface area contributed by atoms with Crippen molar-refractivity contribution in [1.82, 2.24) is 14.7 Å². The maximum Gasteiger partial charge on any atom is 0.410 e. The van der Waals surface area contributed by atoms with Crippen LogP contribution in [0.4, 0.5) is 9.18 Å². The summed E-state index contributed by atoms with van der Waals surface area (Å²) in [6, 6.07) is 5.87. The van der Waals surface area contributed by atoms with E-state index in [1.807, 2.05) is 45.2 Å². The van der Waals surface area contributed by atoms with Crippen LogP contribution in [0.2, 0.25) is 0 Å². The molecule has 24 heavy (non-hydrogen) atoms. The van der Waals surface area contributed by atoms with E-state index in [0.29, 0.717) is 26.1 Å². The van der Waals surface area contributed by atoms with Crippen molar-refractivity contribution in [2.24, 2.45) is 0 Å². The van der Waals surface area contributed by atoms with Gasteiger partial charge in [-0.2, -0.15) is 5.10 Å². The number of carbonyl (C=O) groups excluding carboxylic acids is 1. The molecule has 0 radical (unpaired) electrons. The molecule has 132 valence electrons. The number of amides is 1. The second kappa shape index (κ2) is 7.96. The van der Waals surface area contributed by atoms with Gasteiger partial charge in [-0.25, -0.2) is 4.79 Å². The van der Waals surface area contributed by atoms with E-state index >= 15 is 0 Å². The van der Waals surface area contributed by atoms with Crippen molar-refractivity contribution in [2.75, 3.05) is 19.8 Å². The van der Waals surface area contributed by atoms with E-state index < -0.39 is 18.4 Å². The van der Waals surface area contributed by atoms with E-state index in [1.165, 1.54) is 4.90 Å². The Morgan fingerprint density at radius 2 is 2.12 bits per heavy atom.